The van der Waals surface area contributed by atoms with Crippen LogP contribution in [0.3, 0.4) is 0 Å². The molecule has 0 radical (unpaired) electrons. The molecule has 3 aliphatic rings. The fourth-order valence-electron chi connectivity index (χ4n) is 3.82. The predicted octanol–water partition coefficient (Wildman–Crippen LogP) is -1.79. The van der Waals surface area contributed by atoms with E-state index in [0.717, 1.165) is 32.1 Å². The van der Waals surface area contributed by atoms with Gasteiger partial charge >= 0.3 is 0 Å². The fourth-order valence-corrected chi connectivity index (χ4v) is 4.22. The second-order valence-electron chi connectivity index (χ2n) is 6.40. The maximum absolute atomic E-state index is 13.0. The van der Waals surface area contributed by atoms with Crippen molar-refractivity contribution in [2.75, 3.05) is 6.61 Å². The molecule has 23 heavy (non-hydrogen) atoms. The Bertz CT molecular complexity index is 500. The standard InChI is InChI=1S/C14H22N2O6S/c17-6-8-9(18)14(10(19)11(20)22-8)12(21)16(13(23)15-14)7-4-2-1-3-5-7/h7-11,17-20H,1-6H2,(H,15,23)/t8-,9-,10+,11-,14+/m1/s1. The first-order chi connectivity index (χ1) is 10.9. The molecular formula is C14H22N2O6S. The molecule has 8 nitrogen and oxygen atoms in total. The van der Waals surface area contributed by atoms with E-state index in [1.165, 1.54) is 4.90 Å². The molecule has 1 aliphatic carbocycles. The Morgan fingerprint density at radius 2 is 1.87 bits per heavy atom. The zero-order chi connectivity index (χ0) is 16.8. The normalized spacial score (nSPS) is 42.3. The Morgan fingerprint density at radius 3 is 2.48 bits per heavy atom. The number of rotatable bonds is 2. The number of thiocarbonyl (C=S) groups is 1. The molecular weight excluding hydrogens is 324 g/mol. The molecule has 1 amide bonds. The maximum atomic E-state index is 13.0. The molecule has 9 heteroatoms. The highest BCUT2D eigenvalue weighted by molar-refractivity contribution is 7.80. The third kappa shape index (κ3) is 2.46. The van der Waals surface area contributed by atoms with E-state index in [1.807, 2.05) is 0 Å². The van der Waals surface area contributed by atoms with Gasteiger partial charge in [0.1, 0.15) is 18.3 Å². The van der Waals surface area contributed by atoms with Crippen molar-refractivity contribution in [1.82, 2.24) is 10.2 Å². The quantitative estimate of drug-likeness (QED) is 0.372. The Morgan fingerprint density at radius 1 is 1.22 bits per heavy atom. The first kappa shape index (κ1) is 17.0. The number of aliphatic hydroxyl groups is 4. The summed E-state index contributed by atoms with van der Waals surface area (Å²) in [5.74, 6) is -0.574. The SMILES string of the molecule is O=C1N(C2CCCCC2)C(=S)N[C@]12[C@H](O)[C@@H](CO)O[C@@H](O)[C@@H]2O. The first-order valence-electron chi connectivity index (χ1n) is 7.89. The van der Waals surface area contributed by atoms with Gasteiger partial charge in [0.2, 0.25) is 0 Å². The van der Waals surface area contributed by atoms with Crippen molar-refractivity contribution in [3.63, 3.8) is 0 Å². The molecule has 1 spiro atoms. The summed E-state index contributed by atoms with van der Waals surface area (Å²) in [6.45, 7) is -0.599. The van der Waals surface area contributed by atoms with Crippen LogP contribution in [0.1, 0.15) is 32.1 Å². The van der Waals surface area contributed by atoms with Crippen LogP contribution in [0.4, 0.5) is 0 Å². The Hall–Kier alpha value is -0.840. The van der Waals surface area contributed by atoms with Gasteiger partial charge in [-0.15, -0.1) is 0 Å². The van der Waals surface area contributed by atoms with Gasteiger partial charge in [-0.2, -0.15) is 0 Å². The highest BCUT2D eigenvalue weighted by atomic mass is 32.1. The van der Waals surface area contributed by atoms with Crippen molar-refractivity contribution in [2.45, 2.75) is 68.3 Å². The van der Waals surface area contributed by atoms with Gasteiger partial charge in [0, 0.05) is 6.04 Å². The number of carbonyl (C=O) groups is 1. The second-order valence-corrected chi connectivity index (χ2v) is 6.79. The number of hydrogen-bond donors (Lipinski definition) is 5. The van der Waals surface area contributed by atoms with Gasteiger partial charge in [-0.3, -0.25) is 9.69 Å². The molecule has 5 N–H and O–H groups in total. The molecule has 1 saturated carbocycles. The summed E-state index contributed by atoms with van der Waals surface area (Å²) in [6, 6.07) is -0.0809. The molecule has 3 rings (SSSR count). The third-order valence-corrected chi connectivity index (χ3v) is 5.39. The van der Waals surface area contributed by atoms with E-state index < -0.39 is 42.7 Å². The highest BCUT2D eigenvalue weighted by Crippen LogP contribution is 2.37. The summed E-state index contributed by atoms with van der Waals surface area (Å²) in [5, 5.41) is 42.9. The van der Waals surface area contributed by atoms with E-state index in [9.17, 15) is 25.2 Å². The Kier molecular flexibility index (Phi) is 4.60. The van der Waals surface area contributed by atoms with E-state index in [2.05, 4.69) is 5.32 Å². The third-order valence-electron chi connectivity index (χ3n) is 5.09. The lowest BCUT2D eigenvalue weighted by Crippen LogP contribution is -2.74. The minimum atomic E-state index is -1.89. The lowest BCUT2D eigenvalue weighted by Gasteiger charge is -2.46. The van der Waals surface area contributed by atoms with Crippen molar-refractivity contribution in [2.24, 2.45) is 0 Å². The van der Waals surface area contributed by atoms with E-state index in [1.54, 1.807) is 0 Å². The Labute approximate surface area is 139 Å². The van der Waals surface area contributed by atoms with Crippen molar-refractivity contribution >= 4 is 23.2 Å². The van der Waals surface area contributed by atoms with Crippen LogP contribution < -0.4 is 5.32 Å². The van der Waals surface area contributed by atoms with Crippen LogP contribution in [-0.4, -0.2) is 79.1 Å². The molecule has 5 atom stereocenters. The number of ether oxygens (including phenoxy) is 1. The number of aliphatic hydroxyl groups excluding tert-OH is 4. The number of hydrogen-bond acceptors (Lipinski definition) is 7. The summed E-state index contributed by atoms with van der Waals surface area (Å²) < 4.78 is 4.96. The van der Waals surface area contributed by atoms with Crippen LogP contribution in [0.25, 0.3) is 0 Å². The summed E-state index contributed by atoms with van der Waals surface area (Å²) in [4.78, 5) is 14.4. The zero-order valence-electron chi connectivity index (χ0n) is 12.6. The van der Waals surface area contributed by atoms with Gasteiger partial charge in [0.15, 0.2) is 16.9 Å². The second kappa shape index (κ2) is 6.23. The van der Waals surface area contributed by atoms with Crippen molar-refractivity contribution in [3.05, 3.63) is 0 Å². The number of nitrogens with one attached hydrogen (secondary N) is 1. The first-order valence-corrected chi connectivity index (χ1v) is 8.30. The molecule has 2 saturated heterocycles. The van der Waals surface area contributed by atoms with Gasteiger partial charge in [-0.25, -0.2) is 0 Å². The lowest BCUT2D eigenvalue weighted by atomic mass is 9.80. The van der Waals surface area contributed by atoms with Crippen LogP contribution in [0.2, 0.25) is 0 Å². The summed E-state index contributed by atoms with van der Waals surface area (Å²) in [5.41, 5.74) is -1.89. The summed E-state index contributed by atoms with van der Waals surface area (Å²) >= 11 is 5.26. The Balaban J connectivity index is 1.94. The van der Waals surface area contributed by atoms with Gasteiger partial charge in [0.25, 0.3) is 5.91 Å². The largest absolute Gasteiger partial charge is 0.394 e. The number of carbonyl (C=O) groups excluding carboxylic acids is 1. The van der Waals surface area contributed by atoms with Crippen LogP contribution in [0.5, 0.6) is 0 Å². The zero-order valence-corrected chi connectivity index (χ0v) is 13.4. The molecule has 0 unspecified atom stereocenters. The minimum Gasteiger partial charge on any atom is -0.394 e. The fraction of sp³-hybridized carbons (Fsp3) is 0.857. The lowest BCUT2D eigenvalue weighted by molar-refractivity contribution is -0.277. The van der Waals surface area contributed by atoms with E-state index in [0.29, 0.717) is 0 Å². The monoisotopic (exact) mass is 346 g/mol. The molecule has 3 fully saturated rings. The van der Waals surface area contributed by atoms with E-state index >= 15 is 0 Å². The topological polar surface area (TPSA) is 122 Å². The molecule has 130 valence electrons. The van der Waals surface area contributed by atoms with Crippen molar-refractivity contribution < 1.29 is 30.0 Å². The van der Waals surface area contributed by atoms with E-state index in [4.69, 9.17) is 17.0 Å². The minimum absolute atomic E-state index is 0.0809. The van der Waals surface area contributed by atoms with Gasteiger partial charge in [-0.05, 0) is 25.1 Å². The van der Waals surface area contributed by atoms with E-state index in [-0.39, 0.29) is 11.2 Å². The summed E-state index contributed by atoms with van der Waals surface area (Å²) in [7, 11) is 0. The highest BCUT2D eigenvalue weighted by Gasteiger charge is 2.66. The van der Waals surface area contributed by atoms with Crippen LogP contribution in [0, 0.1) is 0 Å². The smallest absolute Gasteiger partial charge is 0.260 e. The average Bonchev–Trinajstić information content (AvgIpc) is 2.82. The molecule has 0 bridgehead atoms. The summed E-state index contributed by atoms with van der Waals surface area (Å²) in [6.07, 6.45) is -1.45. The predicted molar refractivity (Wildman–Crippen MR) is 82.2 cm³/mol. The number of nitrogens with zero attached hydrogens (tertiary/aromatic N) is 1. The number of amides is 1. The molecule has 0 aromatic rings. The van der Waals surface area contributed by atoms with Crippen molar-refractivity contribution in [3.8, 4) is 0 Å². The van der Waals surface area contributed by atoms with Crippen LogP contribution in [-0.2, 0) is 9.53 Å². The van der Waals surface area contributed by atoms with Crippen LogP contribution in [0.15, 0.2) is 0 Å². The molecule has 2 aliphatic heterocycles. The molecule has 0 aromatic carbocycles. The van der Waals surface area contributed by atoms with Gasteiger partial charge < -0.3 is 30.5 Å². The van der Waals surface area contributed by atoms with Crippen LogP contribution >= 0.6 is 12.2 Å². The molecule has 2 heterocycles. The van der Waals surface area contributed by atoms with Gasteiger partial charge in [0.05, 0.1) is 6.61 Å². The molecule has 0 aromatic heterocycles. The van der Waals surface area contributed by atoms with Gasteiger partial charge in [-0.1, -0.05) is 19.3 Å². The van der Waals surface area contributed by atoms with Crippen molar-refractivity contribution in [1.29, 1.82) is 0 Å². The average molecular weight is 346 g/mol. The maximum Gasteiger partial charge on any atom is 0.260 e.